The summed E-state index contributed by atoms with van der Waals surface area (Å²) in [4.78, 5) is 26.6. The number of carbonyl (C=O) groups is 1. The summed E-state index contributed by atoms with van der Waals surface area (Å²) >= 11 is 1.04. The molecule has 3 aromatic rings. The van der Waals surface area contributed by atoms with E-state index >= 15 is 0 Å². The summed E-state index contributed by atoms with van der Waals surface area (Å²) in [6.07, 6.45) is -5.43. The van der Waals surface area contributed by atoms with Crippen molar-refractivity contribution in [3.05, 3.63) is 58.2 Å². The molecule has 0 aliphatic carbocycles. The predicted molar refractivity (Wildman–Crippen MR) is 130 cm³/mol. The number of piperidine rings is 1. The van der Waals surface area contributed by atoms with E-state index in [0.29, 0.717) is 48.4 Å². The van der Waals surface area contributed by atoms with Crippen LogP contribution in [-0.2, 0) is 12.6 Å². The third kappa shape index (κ3) is 8.08. The third-order valence-corrected chi connectivity index (χ3v) is 6.89. The molecule has 15 heteroatoms. The van der Waals surface area contributed by atoms with Gasteiger partial charge in [-0.2, -0.15) is 30.7 Å². The van der Waals surface area contributed by atoms with Crippen LogP contribution in [0.15, 0.2) is 30.7 Å². The van der Waals surface area contributed by atoms with E-state index < -0.39 is 30.4 Å². The minimum absolute atomic E-state index is 0.0752. The number of anilines is 1. The number of ether oxygens (including phenoxy) is 1. The van der Waals surface area contributed by atoms with Crippen molar-refractivity contribution in [2.75, 3.05) is 25.0 Å². The molecule has 1 saturated heterocycles. The van der Waals surface area contributed by atoms with Crippen molar-refractivity contribution < 1.29 is 35.9 Å². The van der Waals surface area contributed by atoms with E-state index in [9.17, 15) is 31.1 Å². The Morgan fingerprint density at radius 2 is 1.92 bits per heavy atom. The van der Waals surface area contributed by atoms with Crippen molar-refractivity contribution in [3.8, 4) is 5.88 Å². The van der Waals surface area contributed by atoms with Gasteiger partial charge in [0.05, 0.1) is 41.5 Å². The molecule has 4 rings (SSSR count). The van der Waals surface area contributed by atoms with Crippen LogP contribution in [-0.4, -0.2) is 62.0 Å². The Bertz CT molecular complexity index is 1260. The van der Waals surface area contributed by atoms with E-state index in [1.165, 1.54) is 6.20 Å². The quantitative estimate of drug-likeness (QED) is 0.366. The molecule has 1 aliphatic rings. The van der Waals surface area contributed by atoms with Crippen LogP contribution in [0.5, 0.6) is 5.88 Å². The highest BCUT2D eigenvalue weighted by Crippen LogP contribution is 2.28. The average Bonchev–Trinajstić information content (AvgIpc) is 3.23. The van der Waals surface area contributed by atoms with Gasteiger partial charge >= 0.3 is 12.4 Å². The minimum Gasteiger partial charge on any atom is -0.473 e. The highest BCUT2D eigenvalue weighted by Gasteiger charge is 2.33. The number of alkyl halides is 6. The van der Waals surface area contributed by atoms with Crippen LogP contribution in [0.2, 0.25) is 0 Å². The average molecular weight is 575 g/mol. The molecular weight excluding hydrogens is 550 g/mol. The first-order valence-electron chi connectivity index (χ1n) is 11.9. The smallest absolute Gasteiger partial charge is 0.434 e. The second-order valence-electron chi connectivity index (χ2n) is 9.02. The number of amides is 1. The van der Waals surface area contributed by atoms with E-state index in [0.717, 1.165) is 17.7 Å². The molecule has 1 fully saturated rings. The van der Waals surface area contributed by atoms with E-state index in [1.807, 2.05) is 0 Å². The Morgan fingerprint density at radius 3 is 2.56 bits per heavy atom. The van der Waals surface area contributed by atoms with Crippen LogP contribution >= 0.6 is 11.5 Å². The number of aromatic nitrogens is 4. The molecule has 1 N–H and O–H groups in total. The molecule has 4 heterocycles. The highest BCUT2D eigenvalue weighted by atomic mass is 32.1. The van der Waals surface area contributed by atoms with Gasteiger partial charge in [0.1, 0.15) is 6.10 Å². The van der Waals surface area contributed by atoms with Crippen LogP contribution in [0.4, 0.5) is 32.0 Å². The lowest BCUT2D eigenvalue weighted by atomic mass is 10.1. The first-order chi connectivity index (χ1) is 18.4. The number of rotatable bonds is 8. The van der Waals surface area contributed by atoms with Crippen LogP contribution in [0.1, 0.15) is 51.6 Å². The number of nitrogens with zero attached hydrogens (tertiary/aromatic N) is 5. The van der Waals surface area contributed by atoms with E-state index in [4.69, 9.17) is 4.74 Å². The van der Waals surface area contributed by atoms with Crippen molar-refractivity contribution >= 4 is 23.1 Å². The topological polar surface area (TPSA) is 93.1 Å². The van der Waals surface area contributed by atoms with Crippen molar-refractivity contribution in [2.45, 2.75) is 51.1 Å². The second-order valence-corrected chi connectivity index (χ2v) is 9.88. The lowest BCUT2D eigenvalue weighted by molar-refractivity contribution is -0.141. The molecule has 1 amide bonds. The predicted octanol–water partition coefficient (Wildman–Crippen LogP) is 5.29. The van der Waals surface area contributed by atoms with Gasteiger partial charge in [0.2, 0.25) is 5.88 Å². The van der Waals surface area contributed by atoms with Crippen LogP contribution < -0.4 is 10.1 Å². The summed E-state index contributed by atoms with van der Waals surface area (Å²) in [5, 5.41) is 2.72. The summed E-state index contributed by atoms with van der Waals surface area (Å²) in [6.45, 7) is 2.52. The number of halogens is 6. The largest absolute Gasteiger partial charge is 0.473 e. The lowest BCUT2D eigenvalue weighted by Crippen LogP contribution is -2.42. The van der Waals surface area contributed by atoms with Crippen molar-refractivity contribution in [2.24, 2.45) is 0 Å². The van der Waals surface area contributed by atoms with Crippen molar-refractivity contribution in [3.63, 3.8) is 0 Å². The zero-order chi connectivity index (χ0) is 28.2. The maximum absolute atomic E-state index is 13.0. The molecule has 0 aromatic carbocycles. The lowest BCUT2D eigenvalue weighted by Gasteiger charge is -2.32. The van der Waals surface area contributed by atoms with Gasteiger partial charge < -0.3 is 10.1 Å². The first-order valence-corrected chi connectivity index (χ1v) is 12.7. The molecule has 39 heavy (non-hydrogen) atoms. The van der Waals surface area contributed by atoms with Crippen LogP contribution in [0.25, 0.3) is 0 Å². The number of likely N-dealkylation sites (tertiary alicyclic amines) is 1. The number of carbonyl (C=O) groups excluding carboxylic acids is 1. The molecule has 3 aromatic heterocycles. The van der Waals surface area contributed by atoms with Gasteiger partial charge in [-0.05, 0) is 43.9 Å². The molecule has 0 bridgehead atoms. The molecule has 8 nitrogen and oxygen atoms in total. The zero-order valence-corrected chi connectivity index (χ0v) is 21.5. The zero-order valence-electron chi connectivity index (χ0n) is 20.6. The Kier molecular flexibility index (Phi) is 8.69. The Labute approximate surface area is 223 Å². The highest BCUT2D eigenvalue weighted by molar-refractivity contribution is 7.06. The Morgan fingerprint density at radius 1 is 1.13 bits per heavy atom. The summed E-state index contributed by atoms with van der Waals surface area (Å²) in [5.41, 5.74) is 0.250. The Balaban J connectivity index is 1.35. The maximum Gasteiger partial charge on any atom is 0.434 e. The number of hydrogen-bond donors (Lipinski definition) is 1. The molecule has 0 radical (unpaired) electrons. The summed E-state index contributed by atoms with van der Waals surface area (Å²) < 4.78 is 85.8. The van der Waals surface area contributed by atoms with Crippen LogP contribution in [0, 0.1) is 6.92 Å². The van der Waals surface area contributed by atoms with Gasteiger partial charge in [0, 0.05) is 36.7 Å². The molecule has 210 valence electrons. The fourth-order valence-corrected chi connectivity index (χ4v) is 4.95. The summed E-state index contributed by atoms with van der Waals surface area (Å²) in [6, 6.07) is 3.14. The van der Waals surface area contributed by atoms with Crippen LogP contribution in [0.3, 0.4) is 0 Å². The van der Waals surface area contributed by atoms with Gasteiger partial charge in [-0.1, -0.05) is 0 Å². The normalized spacial score (nSPS) is 16.7. The van der Waals surface area contributed by atoms with Gasteiger partial charge in [0.15, 0.2) is 5.69 Å². The molecule has 1 aliphatic heterocycles. The van der Waals surface area contributed by atoms with Gasteiger partial charge in [0.25, 0.3) is 5.91 Å². The molecule has 1 atom stereocenters. The van der Waals surface area contributed by atoms with E-state index in [1.54, 1.807) is 24.0 Å². The van der Waals surface area contributed by atoms with Gasteiger partial charge in [-0.15, -0.1) is 0 Å². The molecular formula is C24H24F6N6O2S. The first kappa shape index (κ1) is 28.7. The standard InChI is InChI=1S/C24H24F6N6O2S/c1-14-21(18(39-35-14)9-16-11-32-19(12-31-16)24(28,29)30)22(37)34-15-4-5-20(33-10-15)38-17-3-2-7-36(13-17)8-6-23(25,26)27/h4-5,10-12,17H,2-3,6-9,13H2,1H3,(H,34,37)/t17-/m1/s1. The number of hydrogen-bond acceptors (Lipinski definition) is 8. The monoisotopic (exact) mass is 574 g/mol. The van der Waals surface area contributed by atoms with Crippen molar-refractivity contribution in [1.82, 2.24) is 24.2 Å². The molecule has 0 unspecified atom stereocenters. The van der Waals surface area contributed by atoms with E-state index in [2.05, 4.69) is 24.6 Å². The van der Waals surface area contributed by atoms with Gasteiger partial charge in [-0.25, -0.2) is 9.97 Å². The second kappa shape index (κ2) is 11.8. The van der Waals surface area contributed by atoms with Crippen molar-refractivity contribution in [1.29, 1.82) is 0 Å². The Hall–Kier alpha value is -3.33. The summed E-state index contributed by atoms with van der Waals surface area (Å²) in [7, 11) is 0. The van der Waals surface area contributed by atoms with E-state index in [-0.39, 0.29) is 36.2 Å². The third-order valence-electron chi connectivity index (χ3n) is 5.95. The fourth-order valence-electron chi connectivity index (χ4n) is 4.07. The number of aryl methyl sites for hydroxylation is 1. The number of pyridine rings is 1. The number of nitrogens with one attached hydrogen (secondary N) is 1. The van der Waals surface area contributed by atoms with Gasteiger partial charge in [-0.3, -0.25) is 14.7 Å². The summed E-state index contributed by atoms with van der Waals surface area (Å²) in [5.74, 6) is -0.190. The fraction of sp³-hybridized carbons (Fsp3) is 0.458. The SMILES string of the molecule is Cc1nsc(Cc2cnc(C(F)(F)F)cn2)c1C(=O)Nc1ccc(O[C@@H]2CCCN(CCC(F)(F)F)C2)nc1. The molecule has 0 spiro atoms. The molecule has 0 saturated carbocycles. The minimum atomic E-state index is -4.60. The maximum atomic E-state index is 13.0.